The second kappa shape index (κ2) is 4.34. The van der Waals surface area contributed by atoms with Gasteiger partial charge in [0.05, 0.1) is 0 Å². The number of hydrogen-bond acceptors (Lipinski definition) is 2. The summed E-state index contributed by atoms with van der Waals surface area (Å²) in [5.74, 6) is 0. The fourth-order valence-corrected chi connectivity index (χ4v) is 4.61. The first kappa shape index (κ1) is 11.6. The van der Waals surface area contributed by atoms with Crippen molar-refractivity contribution in [1.29, 1.82) is 0 Å². The van der Waals surface area contributed by atoms with Crippen LogP contribution < -0.4 is 0 Å². The van der Waals surface area contributed by atoms with Crippen LogP contribution in [0.5, 0.6) is 0 Å². The summed E-state index contributed by atoms with van der Waals surface area (Å²) in [6, 6.07) is 17.3. The Bertz CT molecular complexity index is 607. The van der Waals surface area contributed by atoms with E-state index in [0.29, 0.717) is 0 Å². The summed E-state index contributed by atoms with van der Waals surface area (Å²) in [4.78, 5) is 1.58. The van der Waals surface area contributed by atoms with Crippen LogP contribution in [0.3, 0.4) is 0 Å². The molecular formula is C15H15O2S+. The lowest BCUT2D eigenvalue weighted by Crippen LogP contribution is -2.30. The molecule has 3 rings (SSSR count). The Morgan fingerprint density at radius 1 is 1.06 bits per heavy atom. The van der Waals surface area contributed by atoms with E-state index in [9.17, 15) is 4.21 Å². The van der Waals surface area contributed by atoms with Gasteiger partial charge in [-0.25, -0.2) is 0 Å². The van der Waals surface area contributed by atoms with Crippen molar-refractivity contribution in [1.82, 2.24) is 0 Å². The van der Waals surface area contributed by atoms with E-state index in [-0.39, 0.29) is 6.10 Å². The third-order valence-corrected chi connectivity index (χ3v) is 5.59. The van der Waals surface area contributed by atoms with Crippen molar-refractivity contribution in [2.75, 3.05) is 0 Å². The zero-order chi connectivity index (χ0) is 12.6. The van der Waals surface area contributed by atoms with Crippen molar-refractivity contribution in [3.63, 3.8) is 0 Å². The second-order valence-corrected chi connectivity index (χ2v) is 6.65. The van der Waals surface area contributed by atoms with Gasteiger partial charge >= 0.3 is 0 Å². The first-order chi connectivity index (χ1) is 8.70. The van der Waals surface area contributed by atoms with Gasteiger partial charge in [-0.15, -0.1) is 0 Å². The molecule has 2 nitrogen and oxygen atoms in total. The topological polar surface area (TPSA) is 26.3 Å². The monoisotopic (exact) mass is 259 g/mol. The normalized spacial score (nSPS) is 26.6. The van der Waals surface area contributed by atoms with Crippen molar-refractivity contribution in [3.8, 4) is 0 Å². The molecule has 2 unspecified atom stereocenters. The molecule has 0 bridgehead atoms. The molecule has 0 saturated carbocycles. The molecule has 0 N–H and O–H groups in total. The van der Waals surface area contributed by atoms with Gasteiger partial charge in [0.1, 0.15) is 6.10 Å². The summed E-state index contributed by atoms with van der Waals surface area (Å²) in [5, 5.41) is 0. The average molecular weight is 259 g/mol. The first-order valence-corrected chi connectivity index (χ1v) is 7.54. The van der Waals surface area contributed by atoms with E-state index in [4.69, 9.17) is 4.18 Å². The van der Waals surface area contributed by atoms with Crippen molar-refractivity contribution in [2.24, 2.45) is 0 Å². The molecule has 0 radical (unpaired) electrons. The van der Waals surface area contributed by atoms with Crippen LogP contribution >= 0.6 is 0 Å². The van der Waals surface area contributed by atoms with Gasteiger partial charge in [0.25, 0.3) is 10.2 Å². The van der Waals surface area contributed by atoms with Gasteiger partial charge in [0, 0.05) is 12.0 Å². The zero-order valence-electron chi connectivity index (χ0n) is 10.2. The SMILES string of the molecule is CC1Cc2ccccc2[S+](=O)(c2ccccc2)O1. The van der Waals surface area contributed by atoms with E-state index in [2.05, 4.69) is 0 Å². The summed E-state index contributed by atoms with van der Waals surface area (Å²) in [7, 11) is -2.58. The average Bonchev–Trinajstić information content (AvgIpc) is 2.39. The molecule has 0 spiro atoms. The van der Waals surface area contributed by atoms with Gasteiger partial charge in [-0.05, 0) is 25.1 Å². The minimum absolute atomic E-state index is 0.0207. The number of hydrogen-bond donors (Lipinski definition) is 0. The minimum Gasteiger partial charge on any atom is -0.160 e. The third-order valence-electron chi connectivity index (χ3n) is 3.12. The Morgan fingerprint density at radius 3 is 2.50 bits per heavy atom. The third kappa shape index (κ3) is 1.80. The van der Waals surface area contributed by atoms with Gasteiger partial charge in [-0.3, -0.25) is 0 Å². The van der Waals surface area contributed by atoms with Crippen molar-refractivity contribution in [3.05, 3.63) is 60.2 Å². The maximum absolute atomic E-state index is 13.2. The van der Waals surface area contributed by atoms with Crippen LogP contribution in [0.25, 0.3) is 0 Å². The summed E-state index contributed by atoms with van der Waals surface area (Å²) in [6.45, 7) is 1.97. The van der Waals surface area contributed by atoms with Crippen LogP contribution in [0, 0.1) is 0 Å². The van der Waals surface area contributed by atoms with Crippen molar-refractivity contribution >= 4 is 10.2 Å². The molecule has 2 atom stereocenters. The van der Waals surface area contributed by atoms with E-state index >= 15 is 0 Å². The van der Waals surface area contributed by atoms with Gasteiger partial charge < -0.3 is 0 Å². The molecule has 0 fully saturated rings. The van der Waals surface area contributed by atoms with Crippen LogP contribution in [0.4, 0.5) is 0 Å². The van der Waals surface area contributed by atoms with Crippen molar-refractivity contribution in [2.45, 2.75) is 29.2 Å². The Hall–Kier alpha value is -1.45. The molecule has 1 aliphatic rings. The molecule has 92 valence electrons. The van der Waals surface area contributed by atoms with Gasteiger partial charge in [-0.1, -0.05) is 40.6 Å². The molecule has 1 heterocycles. The smallest absolute Gasteiger partial charge is 0.160 e. The highest BCUT2D eigenvalue weighted by Crippen LogP contribution is 2.38. The summed E-state index contributed by atoms with van der Waals surface area (Å²) >= 11 is 0. The maximum Gasteiger partial charge on any atom is 0.284 e. The maximum atomic E-state index is 13.2. The molecule has 3 heteroatoms. The van der Waals surface area contributed by atoms with E-state index < -0.39 is 10.2 Å². The van der Waals surface area contributed by atoms with E-state index in [1.54, 1.807) is 0 Å². The van der Waals surface area contributed by atoms with E-state index in [0.717, 1.165) is 21.8 Å². The lowest BCUT2D eigenvalue weighted by Gasteiger charge is -2.22. The molecule has 0 aromatic heterocycles. The quantitative estimate of drug-likeness (QED) is 0.733. The largest absolute Gasteiger partial charge is 0.284 e. The lowest BCUT2D eigenvalue weighted by atomic mass is 10.1. The molecule has 0 saturated heterocycles. The van der Waals surface area contributed by atoms with Crippen LogP contribution in [-0.2, 0) is 25.0 Å². The van der Waals surface area contributed by atoms with E-state index in [1.165, 1.54) is 0 Å². The van der Waals surface area contributed by atoms with Crippen LogP contribution in [0.1, 0.15) is 12.5 Å². The molecule has 2 aromatic rings. The molecule has 2 aromatic carbocycles. The van der Waals surface area contributed by atoms with Crippen LogP contribution in [0.15, 0.2) is 64.4 Å². The van der Waals surface area contributed by atoms with Gasteiger partial charge in [0.2, 0.25) is 0 Å². The standard InChI is InChI=1S/C15H15O2S/c1-12-11-13-7-5-6-10-15(13)18(16,17-12)14-8-3-2-4-9-14/h2-10,12H,11H2,1H3/q+1. The summed E-state index contributed by atoms with van der Waals surface area (Å²) in [5.41, 5.74) is 1.13. The number of benzene rings is 2. The highest BCUT2D eigenvalue weighted by Gasteiger charge is 2.44. The molecule has 18 heavy (non-hydrogen) atoms. The Kier molecular flexibility index (Phi) is 2.80. The Balaban J connectivity index is 2.21. The fraction of sp³-hybridized carbons (Fsp3) is 0.200. The van der Waals surface area contributed by atoms with Gasteiger partial charge in [0.15, 0.2) is 9.79 Å². The van der Waals surface area contributed by atoms with Gasteiger partial charge in [-0.2, -0.15) is 4.18 Å². The lowest BCUT2D eigenvalue weighted by molar-refractivity contribution is 0.223. The Labute approximate surface area is 108 Å². The molecule has 1 aliphatic heterocycles. The Morgan fingerprint density at radius 2 is 1.72 bits per heavy atom. The zero-order valence-corrected chi connectivity index (χ0v) is 11.0. The number of fused-ring (bicyclic) bond motifs is 1. The first-order valence-electron chi connectivity index (χ1n) is 6.05. The molecule has 0 aliphatic carbocycles. The highest BCUT2D eigenvalue weighted by molar-refractivity contribution is 7.98. The molecule has 0 amide bonds. The predicted octanol–water partition coefficient (Wildman–Crippen LogP) is 3.48. The number of rotatable bonds is 1. The van der Waals surface area contributed by atoms with Crippen LogP contribution in [0.2, 0.25) is 0 Å². The second-order valence-electron chi connectivity index (χ2n) is 4.54. The fourth-order valence-electron chi connectivity index (χ4n) is 2.34. The van der Waals surface area contributed by atoms with E-state index in [1.807, 2.05) is 61.5 Å². The summed E-state index contributed by atoms with van der Waals surface area (Å²) in [6.07, 6.45) is 0.799. The minimum atomic E-state index is -2.58. The summed E-state index contributed by atoms with van der Waals surface area (Å²) < 4.78 is 19.0. The predicted molar refractivity (Wildman–Crippen MR) is 71.7 cm³/mol. The van der Waals surface area contributed by atoms with Crippen LogP contribution in [-0.4, -0.2) is 6.10 Å². The van der Waals surface area contributed by atoms with Crippen molar-refractivity contribution < 1.29 is 8.39 Å². The highest BCUT2D eigenvalue weighted by atomic mass is 32.3. The molecular weight excluding hydrogens is 244 g/mol.